The lowest BCUT2D eigenvalue weighted by Crippen LogP contribution is -2.02. The number of methoxy groups -OCH3 is 1. The van der Waals surface area contributed by atoms with Gasteiger partial charge in [0, 0.05) is 18.1 Å². The molecule has 0 heterocycles. The van der Waals surface area contributed by atoms with Gasteiger partial charge in [-0.05, 0) is 31.9 Å². The van der Waals surface area contributed by atoms with Gasteiger partial charge in [-0.1, -0.05) is 0 Å². The highest BCUT2D eigenvalue weighted by atomic mass is 16.5. The molecule has 0 unspecified atom stereocenters. The largest absolute Gasteiger partial charge is 0.497 e. The zero-order chi connectivity index (χ0) is 13.4. The van der Waals surface area contributed by atoms with E-state index >= 15 is 0 Å². The molecule has 0 aromatic heterocycles. The maximum absolute atomic E-state index is 9.65. The number of benzene rings is 1. The van der Waals surface area contributed by atoms with Crippen molar-refractivity contribution < 1.29 is 14.6 Å². The summed E-state index contributed by atoms with van der Waals surface area (Å²) in [5.41, 5.74) is 0.746. The fourth-order valence-corrected chi connectivity index (χ4v) is 1.60. The number of hydrogen-bond acceptors (Lipinski definition) is 4. The minimum Gasteiger partial charge on any atom is -0.497 e. The van der Waals surface area contributed by atoms with E-state index in [0.29, 0.717) is 24.5 Å². The second-order valence-corrected chi connectivity index (χ2v) is 4.04. The van der Waals surface area contributed by atoms with Gasteiger partial charge in [0.25, 0.3) is 0 Å². The standard InChI is InChI=1S/C14H19NO3/c1-11(16)13-7-6-12(17-2)10-14(13)18-9-5-3-4-8-15/h6-7,10-11,16H,3-5,9H2,1-2H3/t11-/m0/s1. The highest BCUT2D eigenvalue weighted by Gasteiger charge is 2.10. The van der Waals surface area contributed by atoms with Crippen molar-refractivity contribution in [3.05, 3.63) is 23.8 Å². The Kier molecular flexibility index (Phi) is 6.03. The van der Waals surface area contributed by atoms with Gasteiger partial charge in [-0.15, -0.1) is 0 Å². The summed E-state index contributed by atoms with van der Waals surface area (Å²) in [6, 6.07) is 7.46. The third kappa shape index (κ3) is 4.27. The molecule has 98 valence electrons. The molecular formula is C14H19NO3. The van der Waals surface area contributed by atoms with Crippen LogP contribution < -0.4 is 9.47 Å². The fourth-order valence-electron chi connectivity index (χ4n) is 1.60. The van der Waals surface area contributed by atoms with E-state index in [-0.39, 0.29) is 0 Å². The average molecular weight is 249 g/mol. The molecule has 1 atom stereocenters. The molecule has 0 saturated heterocycles. The highest BCUT2D eigenvalue weighted by Crippen LogP contribution is 2.29. The zero-order valence-corrected chi connectivity index (χ0v) is 10.8. The van der Waals surface area contributed by atoms with Crippen LogP contribution in [0.3, 0.4) is 0 Å². The molecular weight excluding hydrogens is 230 g/mol. The van der Waals surface area contributed by atoms with E-state index in [1.807, 2.05) is 0 Å². The summed E-state index contributed by atoms with van der Waals surface area (Å²) in [6.45, 7) is 2.24. The van der Waals surface area contributed by atoms with Crippen LogP contribution in [0.15, 0.2) is 18.2 Å². The fraction of sp³-hybridized carbons (Fsp3) is 0.500. The first-order valence-corrected chi connectivity index (χ1v) is 6.04. The van der Waals surface area contributed by atoms with Gasteiger partial charge < -0.3 is 14.6 Å². The quantitative estimate of drug-likeness (QED) is 0.755. The minimum atomic E-state index is -0.579. The van der Waals surface area contributed by atoms with Crippen molar-refractivity contribution in [2.75, 3.05) is 13.7 Å². The first kappa shape index (κ1) is 14.3. The molecule has 0 fully saturated rings. The molecule has 4 nitrogen and oxygen atoms in total. The zero-order valence-electron chi connectivity index (χ0n) is 10.8. The lowest BCUT2D eigenvalue weighted by atomic mass is 10.1. The Labute approximate surface area is 108 Å². The molecule has 4 heteroatoms. The molecule has 0 spiro atoms. The second-order valence-electron chi connectivity index (χ2n) is 4.04. The van der Waals surface area contributed by atoms with E-state index in [0.717, 1.165) is 18.4 Å². The van der Waals surface area contributed by atoms with Crippen LogP contribution in [0.2, 0.25) is 0 Å². The summed E-state index contributed by atoms with van der Waals surface area (Å²) >= 11 is 0. The van der Waals surface area contributed by atoms with E-state index < -0.39 is 6.10 Å². The molecule has 0 radical (unpaired) electrons. The molecule has 0 aliphatic heterocycles. The van der Waals surface area contributed by atoms with E-state index in [2.05, 4.69) is 6.07 Å². The molecule has 0 amide bonds. The maximum Gasteiger partial charge on any atom is 0.128 e. The lowest BCUT2D eigenvalue weighted by molar-refractivity contribution is 0.190. The third-order valence-electron chi connectivity index (χ3n) is 2.61. The molecule has 1 rings (SSSR count). The van der Waals surface area contributed by atoms with E-state index in [1.165, 1.54) is 0 Å². The van der Waals surface area contributed by atoms with Crippen LogP contribution in [-0.2, 0) is 0 Å². The van der Waals surface area contributed by atoms with Crippen molar-refractivity contribution in [2.24, 2.45) is 0 Å². The van der Waals surface area contributed by atoms with E-state index in [9.17, 15) is 5.11 Å². The molecule has 0 bridgehead atoms. The molecule has 0 aliphatic rings. The van der Waals surface area contributed by atoms with Gasteiger partial charge in [-0.2, -0.15) is 5.26 Å². The Balaban J connectivity index is 2.63. The monoisotopic (exact) mass is 249 g/mol. The first-order chi connectivity index (χ1) is 8.69. The summed E-state index contributed by atoms with van der Waals surface area (Å²) in [6.07, 6.45) is 1.61. The number of rotatable bonds is 7. The summed E-state index contributed by atoms with van der Waals surface area (Å²) in [5, 5.41) is 18.1. The molecule has 0 saturated carbocycles. The number of nitriles is 1. The Morgan fingerprint density at radius 2 is 2.17 bits per heavy atom. The van der Waals surface area contributed by atoms with Gasteiger partial charge in [0.1, 0.15) is 11.5 Å². The molecule has 1 aromatic rings. The van der Waals surface area contributed by atoms with Gasteiger partial charge in [0.05, 0.1) is 25.9 Å². The predicted octanol–water partition coefficient (Wildman–Crippen LogP) is 2.82. The van der Waals surface area contributed by atoms with Crippen molar-refractivity contribution in [2.45, 2.75) is 32.3 Å². The minimum absolute atomic E-state index is 0.536. The second kappa shape index (κ2) is 7.57. The highest BCUT2D eigenvalue weighted by molar-refractivity contribution is 5.41. The van der Waals surface area contributed by atoms with Crippen LogP contribution in [0.1, 0.15) is 37.9 Å². The summed E-state index contributed by atoms with van der Waals surface area (Å²) in [7, 11) is 1.59. The Bertz CT molecular complexity index is 410. The molecule has 1 N–H and O–H groups in total. The Morgan fingerprint density at radius 1 is 1.39 bits per heavy atom. The van der Waals surface area contributed by atoms with Crippen molar-refractivity contribution in [3.63, 3.8) is 0 Å². The number of unbranched alkanes of at least 4 members (excludes halogenated alkanes) is 2. The Hall–Kier alpha value is -1.73. The van der Waals surface area contributed by atoms with Crippen LogP contribution in [-0.4, -0.2) is 18.8 Å². The van der Waals surface area contributed by atoms with Crippen LogP contribution in [0.5, 0.6) is 11.5 Å². The Morgan fingerprint density at radius 3 is 2.78 bits per heavy atom. The summed E-state index contributed by atoms with van der Waals surface area (Å²) < 4.78 is 10.8. The van der Waals surface area contributed by atoms with Crippen molar-refractivity contribution in [1.82, 2.24) is 0 Å². The first-order valence-electron chi connectivity index (χ1n) is 6.04. The van der Waals surface area contributed by atoms with Gasteiger partial charge >= 0.3 is 0 Å². The number of hydrogen-bond donors (Lipinski definition) is 1. The maximum atomic E-state index is 9.65. The normalized spacial score (nSPS) is 11.7. The number of ether oxygens (including phenoxy) is 2. The lowest BCUT2D eigenvalue weighted by Gasteiger charge is -2.14. The third-order valence-corrected chi connectivity index (χ3v) is 2.61. The van der Waals surface area contributed by atoms with Crippen LogP contribution >= 0.6 is 0 Å². The number of nitrogens with zero attached hydrogens (tertiary/aromatic N) is 1. The van der Waals surface area contributed by atoms with Gasteiger partial charge in [0.2, 0.25) is 0 Å². The van der Waals surface area contributed by atoms with Crippen molar-refractivity contribution >= 4 is 0 Å². The van der Waals surface area contributed by atoms with Gasteiger partial charge in [-0.25, -0.2) is 0 Å². The van der Waals surface area contributed by atoms with Crippen molar-refractivity contribution in [1.29, 1.82) is 5.26 Å². The van der Waals surface area contributed by atoms with Crippen molar-refractivity contribution in [3.8, 4) is 17.6 Å². The summed E-state index contributed by atoms with van der Waals surface area (Å²) in [4.78, 5) is 0. The van der Waals surface area contributed by atoms with Crippen LogP contribution in [0.4, 0.5) is 0 Å². The number of aliphatic hydroxyl groups is 1. The molecule has 0 aliphatic carbocycles. The van der Waals surface area contributed by atoms with Crippen LogP contribution in [0.25, 0.3) is 0 Å². The predicted molar refractivity (Wildman–Crippen MR) is 68.6 cm³/mol. The average Bonchev–Trinajstić information content (AvgIpc) is 2.38. The van der Waals surface area contributed by atoms with Crippen LogP contribution in [0, 0.1) is 11.3 Å². The van der Waals surface area contributed by atoms with Gasteiger partial charge in [-0.3, -0.25) is 0 Å². The van der Waals surface area contributed by atoms with E-state index in [4.69, 9.17) is 14.7 Å². The smallest absolute Gasteiger partial charge is 0.128 e. The summed E-state index contributed by atoms with van der Waals surface area (Å²) in [5.74, 6) is 1.34. The van der Waals surface area contributed by atoms with E-state index in [1.54, 1.807) is 32.2 Å². The topological polar surface area (TPSA) is 62.5 Å². The molecule has 18 heavy (non-hydrogen) atoms. The van der Waals surface area contributed by atoms with Gasteiger partial charge in [0.15, 0.2) is 0 Å². The molecule has 1 aromatic carbocycles. The SMILES string of the molecule is COc1ccc([C@H](C)O)c(OCCCCC#N)c1. The number of aliphatic hydroxyl groups excluding tert-OH is 1.